The van der Waals surface area contributed by atoms with E-state index in [1.165, 1.54) is 0 Å². The first-order chi connectivity index (χ1) is 16.6. The number of nitrogens with zero attached hydrogens (tertiary/aromatic N) is 1. The molecule has 1 aromatic carbocycles. The first-order valence-electron chi connectivity index (χ1n) is 12.8. The molecule has 1 aliphatic rings. The number of ether oxygens (including phenoxy) is 2. The topological polar surface area (TPSA) is 114 Å². The molecule has 1 fully saturated rings. The number of β-amino-alcohol motifs (C(OH)–C–C–N with tert-alkyl or cyclic N) is 1. The van der Waals surface area contributed by atoms with Crippen molar-refractivity contribution in [3.05, 3.63) is 29.8 Å². The van der Waals surface area contributed by atoms with Gasteiger partial charge in [0.2, 0.25) is 5.91 Å². The maximum absolute atomic E-state index is 12.9. The Morgan fingerprint density at radius 3 is 2.54 bits per heavy atom. The summed E-state index contributed by atoms with van der Waals surface area (Å²) in [4.78, 5) is 27.1. The van der Waals surface area contributed by atoms with Crippen LogP contribution in [0.25, 0.3) is 0 Å². The van der Waals surface area contributed by atoms with Gasteiger partial charge in [0.25, 0.3) is 5.91 Å². The Morgan fingerprint density at radius 2 is 1.91 bits per heavy atom. The normalized spacial score (nSPS) is 17.9. The minimum atomic E-state index is -0.808. The van der Waals surface area contributed by atoms with Crippen molar-refractivity contribution in [2.45, 2.75) is 65.5 Å². The highest BCUT2D eigenvalue weighted by Gasteiger charge is 2.39. The maximum atomic E-state index is 12.9. The molecule has 3 unspecified atom stereocenters. The van der Waals surface area contributed by atoms with Crippen LogP contribution in [0.5, 0.6) is 5.75 Å². The first-order valence-corrected chi connectivity index (χ1v) is 12.8. The highest BCUT2D eigenvalue weighted by molar-refractivity contribution is 5.96. The van der Waals surface area contributed by atoms with Crippen LogP contribution in [0.3, 0.4) is 0 Å². The molecule has 4 N–H and O–H groups in total. The number of unbranched alkanes of at least 4 members (excludes halogenated alkanes) is 1. The summed E-state index contributed by atoms with van der Waals surface area (Å²) in [5, 5.41) is 13.7. The lowest BCUT2D eigenvalue weighted by atomic mass is 9.87. The van der Waals surface area contributed by atoms with Gasteiger partial charge in [0.15, 0.2) is 0 Å². The van der Waals surface area contributed by atoms with E-state index in [9.17, 15) is 14.7 Å². The van der Waals surface area contributed by atoms with Crippen molar-refractivity contribution in [2.75, 3.05) is 40.0 Å². The third-order valence-electron chi connectivity index (χ3n) is 6.95. The van der Waals surface area contributed by atoms with Crippen molar-refractivity contribution < 1.29 is 24.2 Å². The number of likely N-dealkylation sites (tertiary alicyclic amines) is 1. The van der Waals surface area contributed by atoms with Gasteiger partial charge in [-0.25, -0.2) is 0 Å². The fourth-order valence-corrected chi connectivity index (χ4v) is 4.31. The predicted molar refractivity (Wildman–Crippen MR) is 137 cm³/mol. The summed E-state index contributed by atoms with van der Waals surface area (Å²) in [6, 6.07) is 6.75. The fourth-order valence-electron chi connectivity index (χ4n) is 4.31. The Hall–Kier alpha value is -2.16. The molecule has 2 amide bonds. The molecule has 1 aliphatic heterocycles. The second-order valence-corrected chi connectivity index (χ2v) is 10.6. The molecule has 1 aromatic rings. The second-order valence-electron chi connectivity index (χ2n) is 10.6. The standard InChI is InChI=1S/C27H45N3O5/c1-19(2)20(16-22(28)23(31)18-30-13-12-27(3,4)26(30)33)17-29-25(32)21-10-6-7-11-24(21)35-15-9-8-14-34-5/h6-7,10-11,19-20,22-23,31H,8-9,12-18,28H2,1-5H3,(H,29,32). The van der Waals surface area contributed by atoms with Crippen LogP contribution >= 0.6 is 0 Å². The number of carbonyl (C=O) groups is 2. The minimum absolute atomic E-state index is 0.0657. The third kappa shape index (κ3) is 8.78. The van der Waals surface area contributed by atoms with Gasteiger partial charge in [-0.2, -0.15) is 0 Å². The third-order valence-corrected chi connectivity index (χ3v) is 6.95. The molecule has 0 radical (unpaired) electrons. The van der Waals surface area contributed by atoms with E-state index >= 15 is 0 Å². The van der Waals surface area contributed by atoms with E-state index in [2.05, 4.69) is 19.2 Å². The van der Waals surface area contributed by atoms with E-state index in [1.54, 1.807) is 24.1 Å². The zero-order valence-corrected chi connectivity index (χ0v) is 22.1. The fraction of sp³-hybridized carbons (Fsp3) is 0.704. The quantitative estimate of drug-likeness (QED) is 0.325. The molecule has 2 rings (SSSR count). The first kappa shape index (κ1) is 29.1. The number of para-hydroxylation sites is 1. The van der Waals surface area contributed by atoms with Crippen molar-refractivity contribution in [1.29, 1.82) is 0 Å². The Kier molecular flexibility index (Phi) is 11.5. The monoisotopic (exact) mass is 491 g/mol. The Morgan fingerprint density at radius 1 is 1.23 bits per heavy atom. The Bertz CT molecular complexity index is 814. The zero-order chi connectivity index (χ0) is 26.0. The summed E-state index contributed by atoms with van der Waals surface area (Å²) in [5.41, 5.74) is 6.47. The molecule has 0 aromatic heterocycles. The van der Waals surface area contributed by atoms with Crippen molar-refractivity contribution >= 4 is 11.8 Å². The molecular weight excluding hydrogens is 446 g/mol. The highest BCUT2D eigenvalue weighted by Crippen LogP contribution is 2.30. The summed E-state index contributed by atoms with van der Waals surface area (Å²) in [7, 11) is 1.67. The van der Waals surface area contributed by atoms with Gasteiger partial charge in [-0.15, -0.1) is 0 Å². The number of aliphatic hydroxyl groups excluding tert-OH is 1. The lowest BCUT2D eigenvalue weighted by Crippen LogP contribution is -2.47. The number of nitrogens with one attached hydrogen (secondary N) is 1. The van der Waals surface area contributed by atoms with E-state index < -0.39 is 12.1 Å². The van der Waals surface area contributed by atoms with Gasteiger partial charge in [0.1, 0.15) is 5.75 Å². The number of benzene rings is 1. The van der Waals surface area contributed by atoms with E-state index in [0.717, 1.165) is 19.3 Å². The number of methoxy groups -OCH3 is 1. The van der Waals surface area contributed by atoms with Crippen LogP contribution in [0.2, 0.25) is 0 Å². The van der Waals surface area contributed by atoms with Gasteiger partial charge in [-0.3, -0.25) is 9.59 Å². The van der Waals surface area contributed by atoms with Crippen LogP contribution in [0, 0.1) is 17.3 Å². The van der Waals surface area contributed by atoms with Crippen molar-refractivity contribution in [3.63, 3.8) is 0 Å². The van der Waals surface area contributed by atoms with Crippen molar-refractivity contribution in [1.82, 2.24) is 10.2 Å². The maximum Gasteiger partial charge on any atom is 0.255 e. The average molecular weight is 492 g/mol. The molecule has 8 heteroatoms. The Labute approximate surface area is 210 Å². The average Bonchev–Trinajstić information content (AvgIpc) is 3.08. The van der Waals surface area contributed by atoms with Crippen molar-refractivity contribution in [2.24, 2.45) is 23.0 Å². The SMILES string of the molecule is COCCCCOc1ccccc1C(=O)NCC(CC(N)C(O)CN1CCC(C)(C)C1=O)C(C)C. The molecule has 0 saturated carbocycles. The highest BCUT2D eigenvalue weighted by atomic mass is 16.5. The molecule has 35 heavy (non-hydrogen) atoms. The molecule has 1 saturated heterocycles. The van der Waals surface area contributed by atoms with Gasteiger partial charge in [0.05, 0.1) is 18.3 Å². The van der Waals surface area contributed by atoms with Crippen LogP contribution in [0.4, 0.5) is 0 Å². The van der Waals surface area contributed by atoms with Crippen LogP contribution in [0.15, 0.2) is 24.3 Å². The summed E-state index contributed by atoms with van der Waals surface area (Å²) >= 11 is 0. The smallest absolute Gasteiger partial charge is 0.255 e. The lowest BCUT2D eigenvalue weighted by Gasteiger charge is -2.30. The number of hydrogen-bond donors (Lipinski definition) is 3. The minimum Gasteiger partial charge on any atom is -0.493 e. The summed E-state index contributed by atoms with van der Waals surface area (Å²) in [6.07, 6.45) is 2.27. The molecule has 0 spiro atoms. The lowest BCUT2D eigenvalue weighted by molar-refractivity contribution is -0.135. The number of hydrogen-bond acceptors (Lipinski definition) is 6. The number of rotatable bonds is 15. The molecule has 0 aliphatic carbocycles. The van der Waals surface area contributed by atoms with Gasteiger partial charge in [0, 0.05) is 44.8 Å². The Balaban J connectivity index is 1.89. The predicted octanol–water partition coefficient (Wildman–Crippen LogP) is 2.83. The molecule has 198 valence electrons. The van der Waals surface area contributed by atoms with Gasteiger partial charge < -0.3 is 30.5 Å². The molecule has 1 heterocycles. The molecular formula is C27H45N3O5. The zero-order valence-electron chi connectivity index (χ0n) is 22.1. The molecule has 8 nitrogen and oxygen atoms in total. The largest absolute Gasteiger partial charge is 0.493 e. The van der Waals surface area contributed by atoms with Crippen LogP contribution < -0.4 is 15.8 Å². The van der Waals surface area contributed by atoms with Crippen LogP contribution in [-0.2, 0) is 9.53 Å². The van der Waals surface area contributed by atoms with Gasteiger partial charge >= 0.3 is 0 Å². The number of carbonyl (C=O) groups excluding carboxylic acids is 2. The van der Waals surface area contributed by atoms with Gasteiger partial charge in [-0.05, 0) is 49.7 Å². The van der Waals surface area contributed by atoms with Gasteiger partial charge in [-0.1, -0.05) is 39.8 Å². The van der Waals surface area contributed by atoms with E-state index in [-0.39, 0.29) is 35.6 Å². The summed E-state index contributed by atoms with van der Waals surface area (Å²) in [5.74, 6) is 0.775. The summed E-state index contributed by atoms with van der Waals surface area (Å²) < 4.78 is 10.9. The second kappa shape index (κ2) is 13.8. The number of amides is 2. The summed E-state index contributed by atoms with van der Waals surface area (Å²) in [6.45, 7) is 10.6. The van der Waals surface area contributed by atoms with E-state index in [0.29, 0.717) is 44.0 Å². The molecule has 3 atom stereocenters. The van der Waals surface area contributed by atoms with E-state index in [4.69, 9.17) is 15.2 Å². The molecule has 0 bridgehead atoms. The van der Waals surface area contributed by atoms with E-state index in [1.807, 2.05) is 26.0 Å². The van der Waals surface area contributed by atoms with Crippen LogP contribution in [0.1, 0.15) is 63.7 Å². The van der Waals surface area contributed by atoms with Crippen molar-refractivity contribution in [3.8, 4) is 5.75 Å². The number of nitrogens with two attached hydrogens (primary N) is 1. The van der Waals surface area contributed by atoms with Crippen LogP contribution in [-0.4, -0.2) is 73.9 Å². The number of aliphatic hydroxyl groups is 1.